The first kappa shape index (κ1) is 9.65. The van der Waals surface area contributed by atoms with Crippen molar-refractivity contribution in [2.24, 2.45) is 0 Å². The van der Waals surface area contributed by atoms with Gasteiger partial charge in [0.1, 0.15) is 22.7 Å². The van der Waals surface area contributed by atoms with E-state index < -0.39 is 0 Å². The highest BCUT2D eigenvalue weighted by Gasteiger charge is 2.15. The lowest BCUT2D eigenvalue weighted by Crippen LogP contribution is -1.90. The molecule has 3 rings (SSSR count). The Balaban J connectivity index is 2.60. The van der Waals surface area contributed by atoms with Gasteiger partial charge in [0.05, 0.1) is 10.8 Å². The smallest absolute Gasteiger partial charge is 0.142 e. The molecule has 0 radical (unpaired) electrons. The van der Waals surface area contributed by atoms with Gasteiger partial charge in [0, 0.05) is 29.6 Å². The molecule has 6 N–H and O–H groups in total. The number of fused-ring (bicyclic) bond motifs is 3. The van der Waals surface area contributed by atoms with Crippen LogP contribution in [0.2, 0.25) is 0 Å². The van der Waals surface area contributed by atoms with Gasteiger partial charge in [-0.1, -0.05) is 0 Å². The van der Waals surface area contributed by atoms with Crippen LogP contribution in [0.25, 0.3) is 21.9 Å². The average Bonchev–Trinajstić information content (AvgIpc) is 2.55. The molecule has 5 heteroatoms. The van der Waals surface area contributed by atoms with Gasteiger partial charge < -0.3 is 26.1 Å². The number of phenols is 2. The summed E-state index contributed by atoms with van der Waals surface area (Å²) in [6, 6.07) is 5.89. The molecule has 0 spiro atoms. The third-order valence-electron chi connectivity index (χ3n) is 2.69. The Morgan fingerprint density at radius 2 is 1.59 bits per heavy atom. The van der Waals surface area contributed by atoms with Gasteiger partial charge in [0.2, 0.25) is 0 Å². The molecule has 0 bridgehead atoms. The van der Waals surface area contributed by atoms with Gasteiger partial charge in [-0.2, -0.15) is 0 Å². The van der Waals surface area contributed by atoms with Crippen molar-refractivity contribution in [3.63, 3.8) is 0 Å². The van der Waals surface area contributed by atoms with Crippen molar-refractivity contribution in [3.05, 3.63) is 24.3 Å². The molecule has 0 aliphatic carbocycles. The van der Waals surface area contributed by atoms with Crippen molar-refractivity contribution >= 4 is 33.3 Å². The molecule has 0 aliphatic rings. The Kier molecular flexibility index (Phi) is 1.69. The summed E-state index contributed by atoms with van der Waals surface area (Å²) >= 11 is 0. The normalized spacial score (nSPS) is 11.3. The lowest BCUT2D eigenvalue weighted by molar-refractivity contribution is 0.454. The van der Waals surface area contributed by atoms with E-state index in [-0.39, 0.29) is 11.5 Å². The molecule has 1 heterocycles. The molecule has 17 heavy (non-hydrogen) atoms. The van der Waals surface area contributed by atoms with Crippen LogP contribution in [0.4, 0.5) is 11.4 Å². The quantitative estimate of drug-likeness (QED) is 0.443. The van der Waals surface area contributed by atoms with Crippen molar-refractivity contribution in [2.45, 2.75) is 0 Å². The number of nitrogen functional groups attached to an aromatic ring is 2. The summed E-state index contributed by atoms with van der Waals surface area (Å²) in [7, 11) is 0. The van der Waals surface area contributed by atoms with Crippen LogP contribution in [0, 0.1) is 0 Å². The summed E-state index contributed by atoms with van der Waals surface area (Å²) in [5, 5.41) is 20.3. The molecule has 0 aliphatic heterocycles. The molecule has 0 saturated heterocycles. The van der Waals surface area contributed by atoms with Gasteiger partial charge in [-0.15, -0.1) is 0 Å². The van der Waals surface area contributed by atoms with E-state index in [0.29, 0.717) is 33.3 Å². The largest absolute Gasteiger partial charge is 0.508 e. The van der Waals surface area contributed by atoms with E-state index in [2.05, 4.69) is 0 Å². The standard InChI is InChI=1S/C12H10N2O3/c13-5-1-7(14)11-9(2-5)17-10-4-6(15)3-8(16)12(10)11/h1-4,15-16H,13-14H2. The summed E-state index contributed by atoms with van der Waals surface area (Å²) in [5.74, 6) is -0.143. The zero-order valence-corrected chi connectivity index (χ0v) is 8.77. The van der Waals surface area contributed by atoms with E-state index in [9.17, 15) is 10.2 Å². The number of hydrogen-bond donors (Lipinski definition) is 4. The maximum Gasteiger partial charge on any atom is 0.142 e. The van der Waals surface area contributed by atoms with Crippen LogP contribution in [0.3, 0.4) is 0 Å². The molecular weight excluding hydrogens is 220 g/mol. The van der Waals surface area contributed by atoms with Crippen LogP contribution >= 0.6 is 0 Å². The fourth-order valence-electron chi connectivity index (χ4n) is 2.04. The monoisotopic (exact) mass is 230 g/mol. The lowest BCUT2D eigenvalue weighted by Gasteiger charge is -1.99. The number of aromatic hydroxyl groups is 2. The van der Waals surface area contributed by atoms with Gasteiger partial charge in [0.25, 0.3) is 0 Å². The Hall–Kier alpha value is -2.56. The Morgan fingerprint density at radius 1 is 0.882 bits per heavy atom. The summed E-state index contributed by atoms with van der Waals surface area (Å²) in [6.07, 6.45) is 0. The van der Waals surface area contributed by atoms with Crippen molar-refractivity contribution in [3.8, 4) is 11.5 Å². The molecule has 0 fully saturated rings. The molecule has 0 amide bonds. The summed E-state index contributed by atoms with van der Waals surface area (Å²) < 4.78 is 5.50. The molecule has 2 aromatic carbocycles. The number of benzene rings is 2. The average molecular weight is 230 g/mol. The summed E-state index contributed by atoms with van der Waals surface area (Å²) in [4.78, 5) is 0. The fourth-order valence-corrected chi connectivity index (χ4v) is 2.04. The minimum atomic E-state index is -0.0739. The maximum atomic E-state index is 9.83. The molecule has 0 unspecified atom stereocenters. The highest BCUT2D eigenvalue weighted by atomic mass is 16.3. The number of nitrogens with two attached hydrogens (primary N) is 2. The highest BCUT2D eigenvalue weighted by molar-refractivity contribution is 6.14. The Morgan fingerprint density at radius 3 is 2.35 bits per heavy atom. The van der Waals surface area contributed by atoms with Gasteiger partial charge in [0.15, 0.2) is 0 Å². The zero-order valence-electron chi connectivity index (χ0n) is 8.77. The van der Waals surface area contributed by atoms with E-state index >= 15 is 0 Å². The van der Waals surface area contributed by atoms with E-state index in [1.54, 1.807) is 12.1 Å². The summed E-state index contributed by atoms with van der Waals surface area (Å²) in [5.41, 5.74) is 13.3. The maximum absolute atomic E-state index is 9.83. The van der Waals surface area contributed by atoms with Gasteiger partial charge >= 0.3 is 0 Å². The van der Waals surface area contributed by atoms with Gasteiger partial charge in [-0.25, -0.2) is 0 Å². The molecule has 5 nitrogen and oxygen atoms in total. The Labute approximate surface area is 95.9 Å². The second-order valence-electron chi connectivity index (χ2n) is 3.92. The number of rotatable bonds is 0. The first-order valence-corrected chi connectivity index (χ1v) is 4.99. The molecule has 3 aromatic rings. The highest BCUT2D eigenvalue weighted by Crippen LogP contribution is 2.40. The third kappa shape index (κ3) is 1.25. The van der Waals surface area contributed by atoms with E-state index in [0.717, 1.165) is 0 Å². The lowest BCUT2D eigenvalue weighted by atomic mass is 10.1. The zero-order chi connectivity index (χ0) is 12.2. The minimum absolute atomic E-state index is 0.0689. The second-order valence-corrected chi connectivity index (χ2v) is 3.92. The van der Waals surface area contributed by atoms with E-state index in [1.165, 1.54) is 12.1 Å². The molecule has 0 saturated carbocycles. The van der Waals surface area contributed by atoms with Crippen molar-refractivity contribution in [1.82, 2.24) is 0 Å². The van der Waals surface area contributed by atoms with Gasteiger partial charge in [-0.05, 0) is 6.07 Å². The van der Waals surface area contributed by atoms with Crippen LogP contribution in [0.5, 0.6) is 11.5 Å². The molecule has 86 valence electrons. The van der Waals surface area contributed by atoms with Gasteiger partial charge in [-0.3, -0.25) is 0 Å². The van der Waals surface area contributed by atoms with E-state index in [4.69, 9.17) is 15.9 Å². The summed E-state index contributed by atoms with van der Waals surface area (Å²) in [6.45, 7) is 0. The molecule has 1 aromatic heterocycles. The van der Waals surface area contributed by atoms with Crippen LogP contribution in [0.1, 0.15) is 0 Å². The number of anilines is 2. The first-order valence-electron chi connectivity index (χ1n) is 4.99. The number of furan rings is 1. The SMILES string of the molecule is Nc1cc(N)c2c(c1)oc1cc(O)cc(O)c12. The van der Waals surface area contributed by atoms with Crippen molar-refractivity contribution in [2.75, 3.05) is 11.5 Å². The predicted octanol–water partition coefficient (Wildman–Crippen LogP) is 2.16. The first-order chi connectivity index (χ1) is 8.06. The number of hydrogen-bond acceptors (Lipinski definition) is 5. The van der Waals surface area contributed by atoms with E-state index in [1.807, 2.05) is 0 Å². The fraction of sp³-hybridized carbons (Fsp3) is 0. The van der Waals surface area contributed by atoms with Crippen LogP contribution in [0.15, 0.2) is 28.7 Å². The van der Waals surface area contributed by atoms with Crippen molar-refractivity contribution < 1.29 is 14.6 Å². The topological polar surface area (TPSA) is 106 Å². The molecular formula is C12H10N2O3. The van der Waals surface area contributed by atoms with Crippen molar-refractivity contribution in [1.29, 1.82) is 0 Å². The number of phenolic OH excluding ortho intramolecular Hbond substituents is 2. The third-order valence-corrected chi connectivity index (χ3v) is 2.69. The molecule has 0 atom stereocenters. The Bertz CT molecular complexity index is 684. The van der Waals surface area contributed by atoms with Crippen LogP contribution in [-0.2, 0) is 0 Å². The second kappa shape index (κ2) is 2.98. The van der Waals surface area contributed by atoms with Crippen LogP contribution in [-0.4, -0.2) is 10.2 Å². The predicted molar refractivity (Wildman–Crippen MR) is 65.9 cm³/mol. The minimum Gasteiger partial charge on any atom is -0.508 e. The van der Waals surface area contributed by atoms with Crippen LogP contribution < -0.4 is 11.5 Å².